The van der Waals surface area contributed by atoms with Gasteiger partial charge in [0.1, 0.15) is 5.82 Å². The van der Waals surface area contributed by atoms with Crippen LogP contribution in [0.25, 0.3) is 0 Å². The van der Waals surface area contributed by atoms with E-state index >= 15 is 0 Å². The first kappa shape index (κ1) is 13.4. The van der Waals surface area contributed by atoms with Crippen LogP contribution in [0.15, 0.2) is 36.4 Å². The lowest BCUT2D eigenvalue weighted by Gasteiger charge is -2.13. The van der Waals surface area contributed by atoms with Crippen LogP contribution in [0.4, 0.5) is 15.8 Å². The van der Waals surface area contributed by atoms with Crippen LogP contribution >= 0.6 is 11.6 Å². The van der Waals surface area contributed by atoms with E-state index in [4.69, 9.17) is 16.7 Å². The maximum Gasteiger partial charge on any atom is 0.337 e. The van der Waals surface area contributed by atoms with Crippen molar-refractivity contribution < 1.29 is 14.3 Å². The Hall–Kier alpha value is -2.07. The van der Waals surface area contributed by atoms with Crippen LogP contribution < -0.4 is 5.32 Å². The van der Waals surface area contributed by atoms with Gasteiger partial charge in [-0.3, -0.25) is 0 Å². The van der Waals surface area contributed by atoms with Gasteiger partial charge in [-0.2, -0.15) is 0 Å². The van der Waals surface area contributed by atoms with Gasteiger partial charge >= 0.3 is 5.97 Å². The van der Waals surface area contributed by atoms with E-state index in [2.05, 4.69) is 5.32 Å². The fraction of sp³-hybridized carbons (Fsp3) is 0.0714. The Balaban J connectivity index is 2.42. The molecule has 0 heterocycles. The van der Waals surface area contributed by atoms with Gasteiger partial charge in [0.2, 0.25) is 0 Å². The third-order valence-electron chi connectivity index (χ3n) is 2.69. The number of hydrogen-bond acceptors (Lipinski definition) is 2. The van der Waals surface area contributed by atoms with Gasteiger partial charge < -0.3 is 10.4 Å². The Morgan fingerprint density at radius 3 is 2.68 bits per heavy atom. The highest BCUT2D eigenvalue weighted by atomic mass is 35.5. The van der Waals surface area contributed by atoms with Gasteiger partial charge in [-0.05, 0) is 36.8 Å². The van der Waals surface area contributed by atoms with Crippen LogP contribution in [0.3, 0.4) is 0 Å². The van der Waals surface area contributed by atoms with Gasteiger partial charge in [0.15, 0.2) is 0 Å². The normalized spacial score (nSPS) is 10.3. The van der Waals surface area contributed by atoms with Crippen molar-refractivity contribution in [2.24, 2.45) is 0 Å². The van der Waals surface area contributed by atoms with Crippen LogP contribution in [0.1, 0.15) is 15.9 Å². The molecule has 0 aliphatic heterocycles. The Labute approximate surface area is 114 Å². The predicted octanol–water partition coefficient (Wildman–Crippen LogP) is 4.23. The van der Waals surface area contributed by atoms with Crippen LogP contribution in [0, 0.1) is 12.7 Å². The lowest BCUT2D eigenvalue weighted by molar-refractivity contribution is 0.0698. The number of carboxylic acids is 1. The van der Waals surface area contributed by atoms with E-state index in [1.165, 1.54) is 24.3 Å². The molecule has 5 heteroatoms. The summed E-state index contributed by atoms with van der Waals surface area (Å²) >= 11 is 5.69. The monoisotopic (exact) mass is 279 g/mol. The van der Waals surface area contributed by atoms with E-state index in [0.717, 1.165) is 5.56 Å². The standard InChI is InChI=1S/C14H11ClFNO2/c1-8-3-2-4-10(14(18)19)13(8)17-9-5-6-12(16)11(15)7-9/h2-7,17H,1H3,(H,18,19). The number of carbonyl (C=O) groups is 1. The molecule has 0 aromatic heterocycles. The molecular formula is C14H11ClFNO2. The van der Waals surface area contributed by atoms with Crippen molar-refractivity contribution in [2.75, 3.05) is 5.32 Å². The second-order valence-corrected chi connectivity index (χ2v) is 4.46. The number of aromatic carboxylic acids is 1. The van der Waals surface area contributed by atoms with Gasteiger partial charge in [0, 0.05) is 5.69 Å². The number of para-hydroxylation sites is 1. The van der Waals surface area contributed by atoms with Crippen LogP contribution in [-0.2, 0) is 0 Å². The molecule has 2 aromatic carbocycles. The first-order valence-electron chi connectivity index (χ1n) is 5.54. The SMILES string of the molecule is Cc1cccc(C(=O)O)c1Nc1ccc(F)c(Cl)c1. The summed E-state index contributed by atoms with van der Waals surface area (Å²) in [7, 11) is 0. The van der Waals surface area contributed by atoms with Crippen molar-refractivity contribution in [1.29, 1.82) is 0 Å². The molecule has 0 radical (unpaired) electrons. The minimum absolute atomic E-state index is 0.0181. The average molecular weight is 280 g/mol. The van der Waals surface area contributed by atoms with Crippen molar-refractivity contribution in [2.45, 2.75) is 6.92 Å². The first-order chi connectivity index (χ1) is 8.99. The van der Waals surface area contributed by atoms with E-state index in [0.29, 0.717) is 11.4 Å². The van der Waals surface area contributed by atoms with Gasteiger partial charge in [0.25, 0.3) is 0 Å². The van der Waals surface area contributed by atoms with Crippen molar-refractivity contribution >= 4 is 28.9 Å². The first-order valence-corrected chi connectivity index (χ1v) is 5.92. The summed E-state index contributed by atoms with van der Waals surface area (Å²) in [5.41, 5.74) is 1.93. The summed E-state index contributed by atoms with van der Waals surface area (Å²) in [4.78, 5) is 11.2. The molecular weight excluding hydrogens is 269 g/mol. The van der Waals surface area contributed by atoms with Crippen molar-refractivity contribution in [1.82, 2.24) is 0 Å². The fourth-order valence-corrected chi connectivity index (χ4v) is 1.91. The number of carboxylic acid groups (broad SMARTS) is 1. The molecule has 0 amide bonds. The molecule has 2 rings (SSSR count). The van der Waals surface area contributed by atoms with Crippen LogP contribution in [0.2, 0.25) is 5.02 Å². The molecule has 3 nitrogen and oxygen atoms in total. The highest BCUT2D eigenvalue weighted by Gasteiger charge is 2.12. The van der Waals surface area contributed by atoms with E-state index in [1.807, 2.05) is 0 Å². The highest BCUT2D eigenvalue weighted by molar-refractivity contribution is 6.31. The lowest BCUT2D eigenvalue weighted by Crippen LogP contribution is -2.04. The highest BCUT2D eigenvalue weighted by Crippen LogP contribution is 2.27. The Kier molecular flexibility index (Phi) is 3.71. The third-order valence-corrected chi connectivity index (χ3v) is 2.98. The molecule has 0 saturated heterocycles. The number of anilines is 2. The molecule has 0 aliphatic rings. The van der Waals surface area contributed by atoms with Crippen LogP contribution in [-0.4, -0.2) is 11.1 Å². The smallest absolute Gasteiger partial charge is 0.337 e. The molecule has 0 bridgehead atoms. The molecule has 2 N–H and O–H groups in total. The Morgan fingerprint density at radius 2 is 2.05 bits per heavy atom. The number of benzene rings is 2. The van der Waals surface area contributed by atoms with Gasteiger partial charge in [-0.15, -0.1) is 0 Å². The second kappa shape index (κ2) is 5.28. The molecule has 0 fully saturated rings. The quantitative estimate of drug-likeness (QED) is 0.884. The zero-order valence-electron chi connectivity index (χ0n) is 10.1. The third kappa shape index (κ3) is 2.85. The number of hydrogen-bond donors (Lipinski definition) is 2. The number of rotatable bonds is 3. The zero-order chi connectivity index (χ0) is 14.0. The summed E-state index contributed by atoms with van der Waals surface area (Å²) < 4.78 is 13.1. The summed E-state index contributed by atoms with van der Waals surface area (Å²) in [5, 5.41) is 12.1. The molecule has 0 atom stereocenters. The largest absolute Gasteiger partial charge is 0.478 e. The van der Waals surface area contributed by atoms with E-state index in [9.17, 15) is 9.18 Å². The summed E-state index contributed by atoms with van der Waals surface area (Å²) in [6.07, 6.45) is 0. The summed E-state index contributed by atoms with van der Waals surface area (Å²) in [5.74, 6) is -1.55. The Bertz CT molecular complexity index is 643. The molecule has 0 spiro atoms. The number of aryl methyl sites for hydroxylation is 1. The molecule has 2 aromatic rings. The van der Waals surface area contributed by atoms with Gasteiger partial charge in [0.05, 0.1) is 16.3 Å². The maximum absolute atomic E-state index is 13.1. The van der Waals surface area contributed by atoms with E-state index in [-0.39, 0.29) is 10.6 Å². The summed E-state index contributed by atoms with van der Waals surface area (Å²) in [6, 6.07) is 9.10. The van der Waals surface area contributed by atoms with Crippen molar-refractivity contribution in [3.63, 3.8) is 0 Å². The topological polar surface area (TPSA) is 49.3 Å². The molecule has 19 heavy (non-hydrogen) atoms. The molecule has 98 valence electrons. The minimum Gasteiger partial charge on any atom is -0.478 e. The van der Waals surface area contributed by atoms with Gasteiger partial charge in [-0.1, -0.05) is 23.7 Å². The lowest BCUT2D eigenvalue weighted by atomic mass is 10.1. The second-order valence-electron chi connectivity index (χ2n) is 4.06. The summed E-state index contributed by atoms with van der Waals surface area (Å²) in [6.45, 7) is 1.79. The van der Waals surface area contributed by atoms with E-state index < -0.39 is 11.8 Å². The number of halogens is 2. The fourth-order valence-electron chi connectivity index (χ4n) is 1.73. The number of nitrogens with one attached hydrogen (secondary N) is 1. The average Bonchev–Trinajstić information content (AvgIpc) is 2.36. The van der Waals surface area contributed by atoms with Crippen molar-refractivity contribution in [3.8, 4) is 0 Å². The molecule has 0 unspecified atom stereocenters. The van der Waals surface area contributed by atoms with Crippen molar-refractivity contribution in [3.05, 3.63) is 58.4 Å². The molecule has 0 saturated carbocycles. The minimum atomic E-state index is -1.03. The zero-order valence-corrected chi connectivity index (χ0v) is 10.8. The Morgan fingerprint density at radius 1 is 1.32 bits per heavy atom. The maximum atomic E-state index is 13.1. The predicted molar refractivity (Wildman–Crippen MR) is 72.8 cm³/mol. The van der Waals surface area contributed by atoms with E-state index in [1.54, 1.807) is 19.1 Å². The molecule has 0 aliphatic carbocycles. The van der Waals surface area contributed by atoms with Gasteiger partial charge in [-0.25, -0.2) is 9.18 Å². The van der Waals surface area contributed by atoms with Crippen LogP contribution in [0.5, 0.6) is 0 Å².